The average Bonchev–Trinajstić information content (AvgIpc) is 2.96. The Morgan fingerprint density at radius 1 is 1.12 bits per heavy atom. The minimum Gasteiger partial charge on any atom is -0.497 e. The number of benzene rings is 2. The van der Waals surface area contributed by atoms with Crippen LogP contribution in [-0.2, 0) is 16.0 Å². The van der Waals surface area contributed by atoms with Gasteiger partial charge in [-0.15, -0.1) is 0 Å². The summed E-state index contributed by atoms with van der Waals surface area (Å²) in [5.74, 6) is 0.484. The molecule has 0 atom stereocenters. The summed E-state index contributed by atoms with van der Waals surface area (Å²) in [6.45, 7) is 1.45. The van der Waals surface area contributed by atoms with Gasteiger partial charge in [-0.05, 0) is 42.0 Å². The molecule has 3 aromatic rings. The van der Waals surface area contributed by atoms with Crippen molar-refractivity contribution in [3.05, 3.63) is 48.0 Å². The normalized spacial score (nSPS) is 10.5. The van der Waals surface area contributed by atoms with Gasteiger partial charge in [-0.3, -0.25) is 9.59 Å². The maximum absolute atomic E-state index is 12.2. The van der Waals surface area contributed by atoms with E-state index in [1.165, 1.54) is 18.3 Å². The van der Waals surface area contributed by atoms with Crippen LogP contribution in [0, 0.1) is 0 Å². The number of nitrogens with one attached hydrogen (secondary N) is 2. The Bertz CT molecular complexity index is 919. The molecule has 0 spiro atoms. The molecule has 0 bridgehead atoms. The third-order valence-electron chi connectivity index (χ3n) is 3.47. The first-order valence-electron chi connectivity index (χ1n) is 7.64. The summed E-state index contributed by atoms with van der Waals surface area (Å²) in [5.41, 5.74) is 2.40. The fourth-order valence-electron chi connectivity index (χ4n) is 2.35. The van der Waals surface area contributed by atoms with Gasteiger partial charge in [-0.1, -0.05) is 17.4 Å². The lowest BCUT2D eigenvalue weighted by molar-refractivity contribution is -0.116. The van der Waals surface area contributed by atoms with Gasteiger partial charge in [0.05, 0.1) is 23.7 Å². The monoisotopic (exact) mass is 355 g/mol. The number of hydrogen-bond acceptors (Lipinski definition) is 5. The van der Waals surface area contributed by atoms with Crippen molar-refractivity contribution in [2.24, 2.45) is 0 Å². The van der Waals surface area contributed by atoms with Crippen molar-refractivity contribution < 1.29 is 14.3 Å². The molecule has 128 valence electrons. The molecule has 1 heterocycles. The van der Waals surface area contributed by atoms with Crippen molar-refractivity contribution >= 4 is 44.2 Å². The zero-order valence-corrected chi connectivity index (χ0v) is 14.6. The molecule has 1 aromatic heterocycles. The summed E-state index contributed by atoms with van der Waals surface area (Å²) < 4.78 is 6.02. The first-order chi connectivity index (χ1) is 12.0. The number of nitrogens with zero attached hydrogens (tertiary/aromatic N) is 1. The molecule has 2 amide bonds. The first-order valence-corrected chi connectivity index (χ1v) is 8.46. The summed E-state index contributed by atoms with van der Waals surface area (Å²) in [7, 11) is 1.60. The third kappa shape index (κ3) is 4.33. The minimum absolute atomic E-state index is 0.101. The number of methoxy groups -OCH3 is 1. The summed E-state index contributed by atoms with van der Waals surface area (Å²) in [6, 6.07) is 12.8. The second-order valence-corrected chi connectivity index (χ2v) is 6.49. The second kappa shape index (κ2) is 7.31. The number of ether oxygens (including phenoxy) is 1. The lowest BCUT2D eigenvalue weighted by atomic mass is 10.1. The number of thiazole rings is 1. The van der Waals surface area contributed by atoms with Crippen LogP contribution in [0.1, 0.15) is 12.5 Å². The Balaban J connectivity index is 1.68. The zero-order valence-electron chi connectivity index (χ0n) is 13.8. The van der Waals surface area contributed by atoms with E-state index in [4.69, 9.17) is 4.74 Å². The molecule has 0 saturated heterocycles. The summed E-state index contributed by atoms with van der Waals surface area (Å²) in [6.07, 6.45) is 0.259. The Kier molecular flexibility index (Phi) is 4.95. The molecule has 0 aliphatic rings. The van der Waals surface area contributed by atoms with Gasteiger partial charge in [-0.2, -0.15) is 0 Å². The molecule has 3 rings (SSSR count). The van der Waals surface area contributed by atoms with E-state index in [2.05, 4.69) is 15.6 Å². The topological polar surface area (TPSA) is 80.3 Å². The van der Waals surface area contributed by atoms with Gasteiger partial charge in [-0.25, -0.2) is 4.98 Å². The lowest BCUT2D eigenvalue weighted by Gasteiger charge is -2.06. The Labute approximate surface area is 148 Å². The van der Waals surface area contributed by atoms with E-state index in [0.29, 0.717) is 5.13 Å². The number of fused-ring (bicyclic) bond motifs is 1. The predicted molar refractivity (Wildman–Crippen MR) is 99.3 cm³/mol. The molecular formula is C18H17N3O3S. The number of rotatable bonds is 5. The van der Waals surface area contributed by atoms with Crippen LogP contribution in [0.3, 0.4) is 0 Å². The largest absolute Gasteiger partial charge is 0.497 e. The highest BCUT2D eigenvalue weighted by Gasteiger charge is 2.09. The fraction of sp³-hybridized carbons (Fsp3) is 0.167. The smallest absolute Gasteiger partial charge is 0.228 e. The van der Waals surface area contributed by atoms with Crippen LogP contribution in [0.25, 0.3) is 10.2 Å². The fourth-order valence-corrected chi connectivity index (χ4v) is 3.32. The quantitative estimate of drug-likeness (QED) is 0.735. The third-order valence-corrected chi connectivity index (χ3v) is 4.41. The number of anilines is 2. The van der Waals surface area contributed by atoms with E-state index < -0.39 is 0 Å². The maximum atomic E-state index is 12.2. The van der Waals surface area contributed by atoms with Gasteiger partial charge in [0, 0.05) is 12.6 Å². The Morgan fingerprint density at radius 3 is 2.56 bits per heavy atom. The van der Waals surface area contributed by atoms with Crippen LogP contribution in [0.5, 0.6) is 5.75 Å². The molecule has 0 unspecified atom stereocenters. The van der Waals surface area contributed by atoms with E-state index in [0.717, 1.165) is 27.2 Å². The number of aromatic nitrogens is 1. The molecule has 2 aromatic carbocycles. The molecule has 2 N–H and O–H groups in total. The van der Waals surface area contributed by atoms with Crippen molar-refractivity contribution in [1.82, 2.24) is 4.98 Å². The molecule has 0 radical (unpaired) electrons. The van der Waals surface area contributed by atoms with Crippen molar-refractivity contribution in [3.8, 4) is 5.75 Å². The van der Waals surface area contributed by atoms with Crippen LogP contribution in [0.15, 0.2) is 42.5 Å². The Hall–Kier alpha value is -2.93. The van der Waals surface area contributed by atoms with Gasteiger partial charge in [0.1, 0.15) is 5.75 Å². The van der Waals surface area contributed by atoms with Gasteiger partial charge >= 0.3 is 0 Å². The Morgan fingerprint density at radius 2 is 1.88 bits per heavy atom. The summed E-state index contributed by atoms with van der Waals surface area (Å²) in [4.78, 5) is 27.7. The number of carbonyl (C=O) groups is 2. The maximum Gasteiger partial charge on any atom is 0.228 e. The van der Waals surface area contributed by atoms with Crippen LogP contribution < -0.4 is 15.4 Å². The molecule has 25 heavy (non-hydrogen) atoms. The predicted octanol–water partition coefficient (Wildman–Crippen LogP) is 3.44. The van der Waals surface area contributed by atoms with Crippen LogP contribution >= 0.6 is 11.3 Å². The molecule has 0 saturated carbocycles. The van der Waals surface area contributed by atoms with Gasteiger partial charge in [0.2, 0.25) is 11.8 Å². The minimum atomic E-state index is -0.154. The first kappa shape index (κ1) is 16.9. The highest BCUT2D eigenvalue weighted by Crippen LogP contribution is 2.27. The van der Waals surface area contributed by atoms with E-state index in [1.54, 1.807) is 31.4 Å². The number of hydrogen-bond donors (Lipinski definition) is 2. The summed E-state index contributed by atoms with van der Waals surface area (Å²) >= 11 is 1.39. The van der Waals surface area contributed by atoms with Crippen molar-refractivity contribution in [1.29, 1.82) is 0 Å². The van der Waals surface area contributed by atoms with Crippen LogP contribution in [-0.4, -0.2) is 23.9 Å². The van der Waals surface area contributed by atoms with E-state index in [1.807, 2.05) is 18.2 Å². The molecule has 7 heteroatoms. The molecule has 0 aliphatic carbocycles. The SMILES string of the molecule is COc1ccc(NC(=O)Cc2ccc3nc(NC(C)=O)sc3c2)cc1. The van der Waals surface area contributed by atoms with Crippen LogP contribution in [0.2, 0.25) is 0 Å². The van der Waals surface area contributed by atoms with Gasteiger partial charge in [0.25, 0.3) is 0 Å². The average molecular weight is 355 g/mol. The van der Waals surface area contributed by atoms with Crippen LogP contribution in [0.4, 0.5) is 10.8 Å². The van der Waals surface area contributed by atoms with Crippen molar-refractivity contribution in [2.75, 3.05) is 17.7 Å². The lowest BCUT2D eigenvalue weighted by Crippen LogP contribution is -2.14. The van der Waals surface area contributed by atoms with E-state index >= 15 is 0 Å². The summed E-state index contributed by atoms with van der Waals surface area (Å²) in [5, 5.41) is 6.09. The van der Waals surface area contributed by atoms with Crippen molar-refractivity contribution in [3.63, 3.8) is 0 Å². The molecular weight excluding hydrogens is 338 g/mol. The highest BCUT2D eigenvalue weighted by atomic mass is 32.1. The molecule has 6 nitrogen and oxygen atoms in total. The molecule has 0 fully saturated rings. The second-order valence-electron chi connectivity index (χ2n) is 5.46. The van der Waals surface area contributed by atoms with E-state index in [9.17, 15) is 9.59 Å². The highest BCUT2D eigenvalue weighted by molar-refractivity contribution is 7.22. The van der Waals surface area contributed by atoms with Gasteiger partial charge < -0.3 is 15.4 Å². The zero-order chi connectivity index (χ0) is 17.8. The van der Waals surface area contributed by atoms with Gasteiger partial charge in [0.15, 0.2) is 5.13 Å². The number of carbonyl (C=O) groups excluding carboxylic acids is 2. The standard InChI is InChI=1S/C18H17N3O3S/c1-11(22)19-18-21-15-8-3-12(9-16(15)25-18)10-17(23)20-13-4-6-14(24-2)7-5-13/h3-9H,10H2,1-2H3,(H,20,23)(H,19,21,22). The van der Waals surface area contributed by atoms with Crippen molar-refractivity contribution in [2.45, 2.75) is 13.3 Å². The number of amides is 2. The van der Waals surface area contributed by atoms with E-state index in [-0.39, 0.29) is 18.2 Å². The molecule has 0 aliphatic heterocycles.